The van der Waals surface area contributed by atoms with Crippen LogP contribution in [0.3, 0.4) is 0 Å². The summed E-state index contributed by atoms with van der Waals surface area (Å²) < 4.78 is 29.3. The summed E-state index contributed by atoms with van der Waals surface area (Å²) in [6.45, 7) is 1.43. The van der Waals surface area contributed by atoms with Crippen molar-refractivity contribution in [1.82, 2.24) is 4.72 Å². The Morgan fingerprint density at radius 3 is 2.19 bits per heavy atom. The van der Waals surface area contributed by atoms with Gasteiger partial charge in [0.05, 0.1) is 10.6 Å². The van der Waals surface area contributed by atoms with Gasteiger partial charge in [-0.05, 0) is 80.7 Å². The Hall–Kier alpha value is -1.05. The van der Waals surface area contributed by atoms with Crippen LogP contribution < -0.4 is 10.0 Å². The summed E-state index contributed by atoms with van der Waals surface area (Å²) in [7, 11) is -3.62. The largest absolute Gasteiger partial charge is 0.325 e. The fourth-order valence-electron chi connectivity index (χ4n) is 5.72. The number of nitrogens with one attached hydrogen (secondary N) is 2. The maximum atomic E-state index is 13.1. The van der Waals surface area contributed by atoms with Crippen LogP contribution in [0.2, 0.25) is 0 Å². The lowest BCUT2D eigenvalue weighted by molar-refractivity contribution is -0.114. The van der Waals surface area contributed by atoms with Crippen molar-refractivity contribution in [3.63, 3.8) is 0 Å². The van der Waals surface area contributed by atoms with Crippen LogP contribution in [0.1, 0.15) is 45.4 Å². The van der Waals surface area contributed by atoms with Crippen molar-refractivity contribution in [3.8, 4) is 0 Å². The first-order valence-corrected chi connectivity index (χ1v) is 12.0. The lowest BCUT2D eigenvalue weighted by atomic mass is 9.53. The molecule has 0 unspecified atom stereocenters. The summed E-state index contributed by atoms with van der Waals surface area (Å²) in [6.07, 6.45) is 8.64. The van der Waals surface area contributed by atoms with Crippen molar-refractivity contribution >= 4 is 33.4 Å². The van der Waals surface area contributed by atoms with Gasteiger partial charge in [0, 0.05) is 17.4 Å². The molecule has 0 aromatic heterocycles. The Balaban J connectivity index is 1.62. The van der Waals surface area contributed by atoms with Gasteiger partial charge in [-0.3, -0.25) is 4.79 Å². The normalized spacial score (nSPS) is 32.6. The van der Waals surface area contributed by atoms with Gasteiger partial charge in [0.1, 0.15) is 0 Å². The standard InChI is InChI=1S/C19H26N2O3S2/c1-12(22)20-17-8-16(3-4-18(17)25-2)26(23,24)21-19-9-13-5-14(10-19)7-15(6-13)11-19/h3-4,8,13-15,21H,5-7,9-11H2,1-2H3,(H,20,22). The maximum Gasteiger partial charge on any atom is 0.241 e. The molecule has 0 atom stereocenters. The zero-order valence-electron chi connectivity index (χ0n) is 15.2. The monoisotopic (exact) mass is 394 g/mol. The van der Waals surface area contributed by atoms with E-state index in [-0.39, 0.29) is 16.3 Å². The van der Waals surface area contributed by atoms with Gasteiger partial charge in [0.25, 0.3) is 0 Å². The molecule has 0 saturated heterocycles. The molecule has 4 saturated carbocycles. The van der Waals surface area contributed by atoms with Gasteiger partial charge < -0.3 is 5.32 Å². The zero-order valence-corrected chi connectivity index (χ0v) is 16.9. The molecular weight excluding hydrogens is 368 g/mol. The molecular formula is C19H26N2O3S2. The minimum Gasteiger partial charge on any atom is -0.325 e. The molecule has 7 heteroatoms. The quantitative estimate of drug-likeness (QED) is 0.748. The highest BCUT2D eigenvalue weighted by Crippen LogP contribution is 2.56. The maximum absolute atomic E-state index is 13.1. The van der Waals surface area contributed by atoms with Crippen LogP contribution in [0.25, 0.3) is 0 Å². The molecule has 0 radical (unpaired) electrons. The van der Waals surface area contributed by atoms with E-state index in [4.69, 9.17) is 0 Å². The molecule has 4 aliphatic carbocycles. The van der Waals surface area contributed by atoms with Gasteiger partial charge in [-0.25, -0.2) is 13.1 Å². The molecule has 0 heterocycles. The number of amides is 1. The Labute approximate surface area is 159 Å². The van der Waals surface area contributed by atoms with E-state index in [0.717, 1.165) is 24.2 Å². The molecule has 0 spiro atoms. The Morgan fingerprint density at radius 1 is 1.12 bits per heavy atom. The summed E-state index contributed by atoms with van der Waals surface area (Å²) in [5.74, 6) is 1.83. The molecule has 4 fully saturated rings. The van der Waals surface area contributed by atoms with E-state index in [2.05, 4.69) is 10.0 Å². The molecule has 5 rings (SSSR count). The van der Waals surface area contributed by atoms with Crippen molar-refractivity contribution in [2.75, 3.05) is 11.6 Å². The van der Waals surface area contributed by atoms with Crippen LogP contribution >= 0.6 is 11.8 Å². The topological polar surface area (TPSA) is 75.3 Å². The first kappa shape index (κ1) is 18.3. The lowest BCUT2D eigenvalue weighted by Gasteiger charge is -2.56. The highest BCUT2D eigenvalue weighted by Gasteiger charge is 2.52. The summed E-state index contributed by atoms with van der Waals surface area (Å²) >= 11 is 1.48. The van der Waals surface area contributed by atoms with Crippen molar-refractivity contribution in [1.29, 1.82) is 0 Å². The minimum absolute atomic E-state index is 0.205. The number of hydrogen-bond acceptors (Lipinski definition) is 4. The summed E-state index contributed by atoms with van der Waals surface area (Å²) in [5.41, 5.74) is 0.290. The first-order chi connectivity index (χ1) is 12.3. The second-order valence-corrected chi connectivity index (χ2v) is 10.9. The molecule has 5 nitrogen and oxygen atoms in total. The highest BCUT2D eigenvalue weighted by atomic mass is 32.2. The number of carbonyl (C=O) groups excluding carboxylic acids is 1. The third-order valence-corrected chi connectivity index (χ3v) is 8.55. The molecule has 0 aliphatic heterocycles. The van der Waals surface area contributed by atoms with Crippen LogP contribution in [-0.4, -0.2) is 26.1 Å². The average Bonchev–Trinajstić information content (AvgIpc) is 2.51. The summed E-state index contributed by atoms with van der Waals surface area (Å²) in [6, 6.07) is 4.99. The van der Waals surface area contributed by atoms with Gasteiger partial charge in [-0.2, -0.15) is 0 Å². The number of hydrogen-bond donors (Lipinski definition) is 2. The molecule has 4 aliphatic rings. The van der Waals surface area contributed by atoms with E-state index in [1.54, 1.807) is 18.2 Å². The molecule has 26 heavy (non-hydrogen) atoms. The summed E-state index contributed by atoms with van der Waals surface area (Å²) in [4.78, 5) is 12.5. The Morgan fingerprint density at radius 2 is 1.69 bits per heavy atom. The second kappa shape index (κ2) is 6.53. The number of carbonyl (C=O) groups is 1. The smallest absolute Gasteiger partial charge is 0.241 e. The SMILES string of the molecule is CSc1ccc(S(=O)(=O)NC23CC4CC(CC(C4)C2)C3)cc1NC(C)=O. The second-order valence-electron chi connectivity index (χ2n) is 8.35. The Bertz CT molecular complexity index is 800. The van der Waals surface area contributed by atoms with E-state index >= 15 is 0 Å². The van der Waals surface area contributed by atoms with E-state index in [1.807, 2.05) is 6.26 Å². The first-order valence-electron chi connectivity index (χ1n) is 9.28. The van der Waals surface area contributed by atoms with Gasteiger partial charge in [-0.1, -0.05) is 0 Å². The van der Waals surface area contributed by atoms with Crippen LogP contribution in [0.15, 0.2) is 28.0 Å². The fraction of sp³-hybridized carbons (Fsp3) is 0.632. The number of sulfonamides is 1. The number of rotatable bonds is 5. The van der Waals surface area contributed by atoms with Crippen LogP contribution in [-0.2, 0) is 14.8 Å². The van der Waals surface area contributed by atoms with Crippen molar-refractivity contribution < 1.29 is 13.2 Å². The minimum atomic E-state index is -3.62. The van der Waals surface area contributed by atoms with Crippen molar-refractivity contribution in [2.24, 2.45) is 17.8 Å². The number of benzene rings is 1. The Kier molecular flexibility index (Phi) is 4.60. The van der Waals surface area contributed by atoms with Crippen LogP contribution in [0.4, 0.5) is 5.69 Å². The van der Waals surface area contributed by atoms with Gasteiger partial charge in [0.15, 0.2) is 0 Å². The number of anilines is 1. The van der Waals surface area contributed by atoms with Gasteiger partial charge >= 0.3 is 0 Å². The molecule has 4 bridgehead atoms. The molecule has 1 aromatic rings. The van der Waals surface area contributed by atoms with E-state index < -0.39 is 10.0 Å². The predicted molar refractivity (Wildman–Crippen MR) is 104 cm³/mol. The predicted octanol–water partition coefficient (Wildman–Crippen LogP) is 3.61. The molecule has 1 aromatic carbocycles. The molecule has 2 N–H and O–H groups in total. The summed E-state index contributed by atoms with van der Waals surface area (Å²) in [5, 5.41) is 2.74. The van der Waals surface area contributed by atoms with Crippen molar-refractivity contribution in [3.05, 3.63) is 18.2 Å². The van der Waals surface area contributed by atoms with Gasteiger partial charge in [-0.15, -0.1) is 11.8 Å². The van der Waals surface area contributed by atoms with Crippen LogP contribution in [0, 0.1) is 17.8 Å². The third kappa shape index (κ3) is 3.41. The van der Waals surface area contributed by atoms with E-state index in [1.165, 1.54) is 37.9 Å². The zero-order chi connectivity index (χ0) is 18.5. The van der Waals surface area contributed by atoms with E-state index in [9.17, 15) is 13.2 Å². The molecule has 1 amide bonds. The third-order valence-electron chi connectivity index (χ3n) is 6.18. The van der Waals surface area contributed by atoms with Gasteiger partial charge in [0.2, 0.25) is 15.9 Å². The lowest BCUT2D eigenvalue weighted by Crippen LogP contribution is -2.59. The number of thioether (sulfide) groups is 1. The van der Waals surface area contributed by atoms with E-state index in [0.29, 0.717) is 23.4 Å². The molecule has 142 valence electrons. The van der Waals surface area contributed by atoms with Crippen molar-refractivity contribution in [2.45, 2.75) is 60.8 Å². The van der Waals surface area contributed by atoms with Crippen LogP contribution in [0.5, 0.6) is 0 Å². The average molecular weight is 395 g/mol. The fourth-order valence-corrected chi connectivity index (χ4v) is 7.71. The highest BCUT2D eigenvalue weighted by molar-refractivity contribution is 7.98.